The number of rotatable bonds is 7. The molecule has 2 aromatic rings. The van der Waals surface area contributed by atoms with Crippen molar-refractivity contribution in [1.82, 2.24) is 10.6 Å². The minimum absolute atomic E-state index is 0.0709. The van der Waals surface area contributed by atoms with Gasteiger partial charge < -0.3 is 15.5 Å². The Bertz CT molecular complexity index is 881. The van der Waals surface area contributed by atoms with Crippen LogP contribution < -0.4 is 15.5 Å². The Morgan fingerprint density at radius 1 is 1.00 bits per heavy atom. The summed E-state index contributed by atoms with van der Waals surface area (Å²) in [5.74, 6) is -0.939. The van der Waals surface area contributed by atoms with Crippen LogP contribution in [-0.2, 0) is 20.8 Å². The molecule has 6 nitrogen and oxygen atoms in total. The maximum absolute atomic E-state index is 12.9. The number of benzene rings is 2. The summed E-state index contributed by atoms with van der Waals surface area (Å²) in [6, 6.07) is 18.6. The van der Waals surface area contributed by atoms with Gasteiger partial charge in [-0.3, -0.25) is 14.4 Å². The highest BCUT2D eigenvalue weighted by atomic mass is 16.2. The van der Waals surface area contributed by atoms with Crippen molar-refractivity contribution in [2.45, 2.75) is 37.8 Å². The van der Waals surface area contributed by atoms with E-state index in [0.717, 1.165) is 24.1 Å². The van der Waals surface area contributed by atoms with E-state index in [2.05, 4.69) is 10.6 Å². The van der Waals surface area contributed by atoms with E-state index < -0.39 is 12.0 Å². The quantitative estimate of drug-likeness (QED) is 0.758. The molecule has 0 bridgehead atoms. The molecule has 0 spiro atoms. The molecule has 29 heavy (non-hydrogen) atoms. The Morgan fingerprint density at radius 2 is 1.66 bits per heavy atom. The minimum atomic E-state index is -0.647. The lowest BCUT2D eigenvalue weighted by Crippen LogP contribution is -2.50. The molecule has 1 saturated carbocycles. The van der Waals surface area contributed by atoms with Crippen molar-refractivity contribution in [2.24, 2.45) is 5.92 Å². The third-order valence-electron chi connectivity index (χ3n) is 5.40. The van der Waals surface area contributed by atoms with Crippen LogP contribution in [-0.4, -0.2) is 36.3 Å². The summed E-state index contributed by atoms with van der Waals surface area (Å²) in [6.45, 7) is 0.330. The van der Waals surface area contributed by atoms with Gasteiger partial charge in [0.1, 0.15) is 6.04 Å². The highest BCUT2D eigenvalue weighted by molar-refractivity contribution is 6.01. The third kappa shape index (κ3) is 4.83. The van der Waals surface area contributed by atoms with Crippen molar-refractivity contribution < 1.29 is 14.4 Å². The molecule has 6 heteroatoms. The summed E-state index contributed by atoms with van der Waals surface area (Å²) < 4.78 is 0. The van der Waals surface area contributed by atoms with Gasteiger partial charge in [0.2, 0.25) is 17.7 Å². The van der Waals surface area contributed by atoms with Crippen LogP contribution >= 0.6 is 0 Å². The lowest BCUT2D eigenvalue weighted by molar-refractivity contribution is -0.131. The molecule has 4 rings (SSSR count). The Labute approximate surface area is 170 Å². The Morgan fingerprint density at radius 3 is 2.31 bits per heavy atom. The summed E-state index contributed by atoms with van der Waals surface area (Å²) in [7, 11) is 0. The number of nitrogens with one attached hydrogen (secondary N) is 2. The van der Waals surface area contributed by atoms with Crippen LogP contribution in [0.2, 0.25) is 0 Å². The average Bonchev–Trinajstić information content (AvgIpc) is 3.47. The molecule has 2 atom stereocenters. The predicted octanol–water partition coefficient (Wildman–Crippen LogP) is 2.05. The van der Waals surface area contributed by atoms with Gasteiger partial charge >= 0.3 is 0 Å². The fourth-order valence-electron chi connectivity index (χ4n) is 3.62. The molecule has 2 aliphatic rings. The SMILES string of the molecule is O=C(NC(Cc1ccccc1)C(=O)NC1CC1)C1CC(=O)N(c2ccccc2)C1. The second kappa shape index (κ2) is 8.47. The zero-order chi connectivity index (χ0) is 20.2. The summed E-state index contributed by atoms with van der Waals surface area (Å²) in [4.78, 5) is 39.7. The van der Waals surface area contributed by atoms with Crippen molar-refractivity contribution in [1.29, 1.82) is 0 Å². The van der Waals surface area contributed by atoms with Gasteiger partial charge in [0.15, 0.2) is 0 Å². The van der Waals surface area contributed by atoms with Crippen molar-refractivity contribution in [3.63, 3.8) is 0 Å². The first-order valence-electron chi connectivity index (χ1n) is 10.1. The third-order valence-corrected chi connectivity index (χ3v) is 5.40. The predicted molar refractivity (Wildman–Crippen MR) is 110 cm³/mol. The molecular weight excluding hydrogens is 366 g/mol. The van der Waals surface area contributed by atoms with Crippen LogP contribution in [0.25, 0.3) is 0 Å². The normalized spacial score (nSPS) is 19.7. The van der Waals surface area contributed by atoms with Crippen LogP contribution in [0, 0.1) is 5.92 Å². The lowest BCUT2D eigenvalue weighted by atomic mass is 10.0. The van der Waals surface area contributed by atoms with Crippen LogP contribution in [0.4, 0.5) is 5.69 Å². The van der Waals surface area contributed by atoms with Gasteiger partial charge in [0.25, 0.3) is 0 Å². The van der Waals surface area contributed by atoms with Gasteiger partial charge in [-0.15, -0.1) is 0 Å². The molecule has 1 aliphatic heterocycles. The highest BCUT2D eigenvalue weighted by Crippen LogP contribution is 2.25. The molecule has 2 N–H and O–H groups in total. The van der Waals surface area contributed by atoms with Crippen LogP contribution in [0.15, 0.2) is 60.7 Å². The largest absolute Gasteiger partial charge is 0.352 e. The molecule has 0 radical (unpaired) electrons. The topological polar surface area (TPSA) is 78.5 Å². The van der Waals surface area contributed by atoms with E-state index in [4.69, 9.17) is 0 Å². The summed E-state index contributed by atoms with van der Waals surface area (Å²) in [5, 5.41) is 5.89. The number of para-hydroxylation sites is 1. The van der Waals surface area contributed by atoms with Gasteiger partial charge in [0, 0.05) is 31.1 Å². The zero-order valence-corrected chi connectivity index (χ0v) is 16.2. The molecule has 1 heterocycles. The molecular formula is C23H25N3O3. The maximum atomic E-state index is 12.9. The van der Waals surface area contributed by atoms with Gasteiger partial charge in [-0.1, -0.05) is 48.5 Å². The van der Waals surface area contributed by atoms with E-state index in [-0.39, 0.29) is 30.2 Å². The molecule has 1 saturated heterocycles. The number of amides is 3. The summed E-state index contributed by atoms with van der Waals surface area (Å²) in [6.07, 6.45) is 2.55. The number of hydrogen-bond donors (Lipinski definition) is 2. The molecule has 150 valence electrons. The lowest BCUT2D eigenvalue weighted by Gasteiger charge is -2.21. The van der Waals surface area contributed by atoms with Gasteiger partial charge in [-0.25, -0.2) is 0 Å². The molecule has 3 amide bonds. The van der Waals surface area contributed by atoms with Crippen LogP contribution in [0.1, 0.15) is 24.8 Å². The van der Waals surface area contributed by atoms with Crippen molar-refractivity contribution in [3.8, 4) is 0 Å². The number of carbonyl (C=O) groups excluding carboxylic acids is 3. The van der Waals surface area contributed by atoms with Crippen molar-refractivity contribution in [3.05, 3.63) is 66.2 Å². The molecule has 0 aromatic heterocycles. The Balaban J connectivity index is 1.43. The second-order valence-corrected chi connectivity index (χ2v) is 7.77. The van der Waals surface area contributed by atoms with Gasteiger partial charge in [-0.05, 0) is 30.5 Å². The van der Waals surface area contributed by atoms with Crippen LogP contribution in [0.3, 0.4) is 0 Å². The van der Waals surface area contributed by atoms with Crippen LogP contribution in [0.5, 0.6) is 0 Å². The van der Waals surface area contributed by atoms with E-state index in [1.54, 1.807) is 4.90 Å². The molecule has 1 aliphatic carbocycles. The number of nitrogens with zero attached hydrogens (tertiary/aromatic N) is 1. The second-order valence-electron chi connectivity index (χ2n) is 7.77. The Kier molecular flexibility index (Phi) is 5.60. The van der Waals surface area contributed by atoms with Gasteiger partial charge in [-0.2, -0.15) is 0 Å². The molecule has 2 fully saturated rings. The van der Waals surface area contributed by atoms with E-state index >= 15 is 0 Å². The highest BCUT2D eigenvalue weighted by Gasteiger charge is 2.37. The number of carbonyl (C=O) groups is 3. The molecule has 2 aromatic carbocycles. The van der Waals surface area contributed by atoms with Crippen molar-refractivity contribution in [2.75, 3.05) is 11.4 Å². The zero-order valence-electron chi connectivity index (χ0n) is 16.2. The number of anilines is 1. The fourth-order valence-corrected chi connectivity index (χ4v) is 3.62. The van der Waals surface area contributed by atoms with E-state index in [0.29, 0.717) is 13.0 Å². The minimum Gasteiger partial charge on any atom is -0.352 e. The fraction of sp³-hybridized carbons (Fsp3) is 0.348. The maximum Gasteiger partial charge on any atom is 0.243 e. The first-order chi connectivity index (χ1) is 14.1. The standard InChI is InChI=1S/C23H25N3O3/c27-21-14-17(15-26(21)19-9-5-2-6-10-19)22(28)25-20(23(29)24-18-11-12-18)13-16-7-3-1-4-8-16/h1-10,17-18,20H,11-15H2,(H,24,29)(H,25,28). The Hall–Kier alpha value is -3.15. The monoisotopic (exact) mass is 391 g/mol. The van der Waals surface area contributed by atoms with E-state index in [1.165, 1.54) is 0 Å². The van der Waals surface area contributed by atoms with Crippen molar-refractivity contribution >= 4 is 23.4 Å². The van der Waals surface area contributed by atoms with Gasteiger partial charge in [0.05, 0.1) is 5.92 Å². The van der Waals surface area contributed by atoms with E-state index in [9.17, 15) is 14.4 Å². The molecule has 2 unspecified atom stereocenters. The van der Waals surface area contributed by atoms with E-state index in [1.807, 2.05) is 60.7 Å². The summed E-state index contributed by atoms with van der Waals surface area (Å²) in [5.41, 5.74) is 1.78. The first kappa shape index (κ1) is 19.2. The first-order valence-corrected chi connectivity index (χ1v) is 10.1. The summed E-state index contributed by atoms with van der Waals surface area (Å²) >= 11 is 0. The smallest absolute Gasteiger partial charge is 0.243 e. The number of hydrogen-bond acceptors (Lipinski definition) is 3. The average molecular weight is 391 g/mol.